The zero-order chi connectivity index (χ0) is 13.1. The second kappa shape index (κ2) is 5.87. The minimum atomic E-state index is 0.0215. The first kappa shape index (κ1) is 13.6. The standard InChI is InChI=1S/C14H16BrNOS/c1-9-5-6-18-14(9)12(16)8-10-7-11(15)3-4-13(10)17-2/h3-7,12H,8,16H2,1-2H3. The molecule has 1 aromatic carbocycles. The van der Waals surface area contributed by atoms with Gasteiger partial charge in [0.05, 0.1) is 7.11 Å². The summed E-state index contributed by atoms with van der Waals surface area (Å²) in [5.74, 6) is 0.892. The van der Waals surface area contributed by atoms with Gasteiger partial charge in [0.15, 0.2) is 0 Å². The molecule has 1 aromatic heterocycles. The number of halogens is 1. The Labute approximate surface area is 120 Å². The van der Waals surface area contributed by atoms with Crippen molar-refractivity contribution in [3.8, 4) is 5.75 Å². The maximum absolute atomic E-state index is 6.29. The minimum Gasteiger partial charge on any atom is -0.496 e. The maximum atomic E-state index is 6.29. The number of methoxy groups -OCH3 is 1. The van der Waals surface area contributed by atoms with Crippen molar-refractivity contribution in [3.63, 3.8) is 0 Å². The van der Waals surface area contributed by atoms with E-state index in [4.69, 9.17) is 10.5 Å². The van der Waals surface area contributed by atoms with Gasteiger partial charge in [0.2, 0.25) is 0 Å². The first-order valence-electron chi connectivity index (χ1n) is 5.74. The van der Waals surface area contributed by atoms with E-state index in [-0.39, 0.29) is 6.04 Å². The highest BCUT2D eigenvalue weighted by molar-refractivity contribution is 9.10. The van der Waals surface area contributed by atoms with Gasteiger partial charge < -0.3 is 10.5 Å². The first-order valence-corrected chi connectivity index (χ1v) is 7.41. The molecule has 1 heterocycles. The summed E-state index contributed by atoms with van der Waals surface area (Å²) >= 11 is 5.20. The molecule has 4 heteroatoms. The molecule has 1 unspecified atom stereocenters. The predicted octanol–water partition coefficient (Wildman–Crippen LogP) is 4.07. The van der Waals surface area contributed by atoms with Crippen molar-refractivity contribution < 1.29 is 4.74 Å². The van der Waals surface area contributed by atoms with Crippen LogP contribution < -0.4 is 10.5 Å². The van der Waals surface area contributed by atoms with Gasteiger partial charge in [0.1, 0.15) is 5.75 Å². The van der Waals surface area contributed by atoms with Crippen molar-refractivity contribution in [2.24, 2.45) is 5.73 Å². The summed E-state index contributed by atoms with van der Waals surface area (Å²) in [6.07, 6.45) is 0.782. The lowest BCUT2D eigenvalue weighted by molar-refractivity contribution is 0.408. The van der Waals surface area contributed by atoms with Crippen LogP contribution in [0.2, 0.25) is 0 Å². The SMILES string of the molecule is COc1ccc(Br)cc1CC(N)c1sccc1C. The largest absolute Gasteiger partial charge is 0.496 e. The van der Waals surface area contributed by atoms with E-state index in [1.165, 1.54) is 10.4 Å². The van der Waals surface area contributed by atoms with Gasteiger partial charge in [-0.1, -0.05) is 15.9 Å². The molecule has 2 nitrogen and oxygen atoms in total. The molecule has 0 aliphatic rings. The van der Waals surface area contributed by atoms with E-state index in [2.05, 4.69) is 40.4 Å². The van der Waals surface area contributed by atoms with Gasteiger partial charge in [-0.3, -0.25) is 0 Å². The zero-order valence-electron chi connectivity index (χ0n) is 10.4. The van der Waals surface area contributed by atoms with Crippen molar-refractivity contribution in [2.45, 2.75) is 19.4 Å². The Morgan fingerprint density at radius 3 is 2.78 bits per heavy atom. The number of rotatable bonds is 4. The third-order valence-corrected chi connectivity index (χ3v) is 4.56. The fourth-order valence-corrected chi connectivity index (χ4v) is 3.34. The van der Waals surface area contributed by atoms with Crippen LogP contribution in [0, 0.1) is 6.92 Å². The molecule has 0 amide bonds. The fraction of sp³-hybridized carbons (Fsp3) is 0.286. The molecule has 0 saturated heterocycles. The monoisotopic (exact) mass is 325 g/mol. The predicted molar refractivity (Wildman–Crippen MR) is 80.4 cm³/mol. The molecule has 0 fully saturated rings. The van der Waals surface area contributed by atoms with Crippen LogP contribution >= 0.6 is 27.3 Å². The molecule has 0 aliphatic carbocycles. The summed E-state index contributed by atoms with van der Waals surface area (Å²) in [7, 11) is 1.69. The van der Waals surface area contributed by atoms with Crippen molar-refractivity contribution in [2.75, 3.05) is 7.11 Å². The van der Waals surface area contributed by atoms with Gasteiger partial charge >= 0.3 is 0 Å². The van der Waals surface area contributed by atoms with E-state index in [9.17, 15) is 0 Å². The Bertz CT molecular complexity index is 538. The topological polar surface area (TPSA) is 35.2 Å². The summed E-state index contributed by atoms with van der Waals surface area (Å²) < 4.78 is 6.43. The Balaban J connectivity index is 2.23. The van der Waals surface area contributed by atoms with Crippen molar-refractivity contribution in [3.05, 3.63) is 50.1 Å². The molecule has 1 atom stereocenters. The van der Waals surface area contributed by atoms with E-state index in [1.807, 2.05) is 12.1 Å². The molecule has 2 N–H and O–H groups in total. The molecule has 18 heavy (non-hydrogen) atoms. The number of hydrogen-bond acceptors (Lipinski definition) is 3. The molecule has 96 valence electrons. The summed E-state index contributed by atoms with van der Waals surface area (Å²) in [5.41, 5.74) is 8.68. The highest BCUT2D eigenvalue weighted by atomic mass is 79.9. The van der Waals surface area contributed by atoms with Crippen LogP contribution in [0.1, 0.15) is 22.0 Å². The molecule has 0 spiro atoms. The lowest BCUT2D eigenvalue weighted by atomic mass is 10.0. The van der Waals surface area contributed by atoms with Crippen LogP contribution in [0.3, 0.4) is 0 Å². The number of ether oxygens (including phenoxy) is 1. The van der Waals surface area contributed by atoms with E-state index >= 15 is 0 Å². The number of thiophene rings is 1. The molecule has 0 bridgehead atoms. The quantitative estimate of drug-likeness (QED) is 0.919. The number of hydrogen-bond donors (Lipinski definition) is 1. The Morgan fingerprint density at radius 1 is 1.39 bits per heavy atom. The summed E-state index contributed by atoms with van der Waals surface area (Å²) in [5, 5.41) is 2.09. The Morgan fingerprint density at radius 2 is 2.17 bits per heavy atom. The second-order valence-electron chi connectivity index (χ2n) is 4.23. The van der Waals surface area contributed by atoms with E-state index in [1.54, 1.807) is 18.4 Å². The highest BCUT2D eigenvalue weighted by Crippen LogP contribution is 2.30. The highest BCUT2D eigenvalue weighted by Gasteiger charge is 2.14. The van der Waals surface area contributed by atoms with E-state index in [0.29, 0.717) is 0 Å². The average Bonchev–Trinajstić information content (AvgIpc) is 2.76. The Hall–Kier alpha value is -0.840. The third kappa shape index (κ3) is 2.94. The van der Waals surface area contributed by atoms with Gasteiger partial charge in [-0.2, -0.15) is 0 Å². The van der Waals surface area contributed by atoms with Gasteiger partial charge in [-0.25, -0.2) is 0 Å². The van der Waals surface area contributed by atoms with E-state index in [0.717, 1.165) is 22.2 Å². The van der Waals surface area contributed by atoms with Crippen LogP contribution in [-0.2, 0) is 6.42 Å². The van der Waals surface area contributed by atoms with Crippen LogP contribution in [0.15, 0.2) is 34.1 Å². The number of aryl methyl sites for hydroxylation is 1. The van der Waals surface area contributed by atoms with Gasteiger partial charge in [0, 0.05) is 15.4 Å². The molecule has 2 aromatic rings. The van der Waals surface area contributed by atoms with Crippen LogP contribution in [0.5, 0.6) is 5.75 Å². The van der Waals surface area contributed by atoms with Crippen molar-refractivity contribution in [1.82, 2.24) is 0 Å². The van der Waals surface area contributed by atoms with Crippen LogP contribution in [0.4, 0.5) is 0 Å². The summed E-state index contributed by atoms with van der Waals surface area (Å²) in [6.45, 7) is 2.10. The van der Waals surface area contributed by atoms with Gasteiger partial charge in [-0.15, -0.1) is 11.3 Å². The van der Waals surface area contributed by atoms with Gasteiger partial charge in [0.25, 0.3) is 0 Å². The van der Waals surface area contributed by atoms with Crippen LogP contribution in [0.25, 0.3) is 0 Å². The lowest BCUT2D eigenvalue weighted by Gasteiger charge is -2.14. The lowest BCUT2D eigenvalue weighted by Crippen LogP contribution is -2.13. The molecule has 0 aliphatic heterocycles. The fourth-order valence-electron chi connectivity index (χ4n) is 2.00. The summed E-state index contributed by atoms with van der Waals surface area (Å²) in [4.78, 5) is 1.25. The minimum absolute atomic E-state index is 0.0215. The zero-order valence-corrected chi connectivity index (χ0v) is 12.8. The van der Waals surface area contributed by atoms with Gasteiger partial charge in [-0.05, 0) is 54.1 Å². The Kier molecular flexibility index (Phi) is 4.43. The first-order chi connectivity index (χ1) is 8.61. The summed E-state index contributed by atoms with van der Waals surface area (Å²) in [6, 6.07) is 8.14. The molecule has 0 saturated carbocycles. The number of benzene rings is 1. The third-order valence-electron chi connectivity index (χ3n) is 2.92. The molecular formula is C14H16BrNOS. The smallest absolute Gasteiger partial charge is 0.122 e. The normalized spacial score (nSPS) is 12.4. The van der Waals surface area contributed by atoms with Crippen LogP contribution in [-0.4, -0.2) is 7.11 Å². The van der Waals surface area contributed by atoms with Crippen molar-refractivity contribution >= 4 is 27.3 Å². The average molecular weight is 326 g/mol. The van der Waals surface area contributed by atoms with E-state index < -0.39 is 0 Å². The molecular weight excluding hydrogens is 310 g/mol. The maximum Gasteiger partial charge on any atom is 0.122 e. The van der Waals surface area contributed by atoms with Crippen molar-refractivity contribution in [1.29, 1.82) is 0 Å². The number of nitrogens with two attached hydrogens (primary N) is 1. The molecule has 0 radical (unpaired) electrons. The second-order valence-corrected chi connectivity index (χ2v) is 6.10. The molecule has 2 rings (SSSR count).